The summed E-state index contributed by atoms with van der Waals surface area (Å²) < 4.78 is 1.94. The van der Waals surface area contributed by atoms with Crippen molar-refractivity contribution in [1.29, 1.82) is 0 Å². The van der Waals surface area contributed by atoms with Crippen molar-refractivity contribution in [1.82, 2.24) is 15.0 Å². The molecule has 88 valence electrons. The molecular formula is C9H4BrCl2N3O2. The first kappa shape index (κ1) is 12.3. The Bertz CT molecular complexity index is 577. The number of rotatable bonds is 2. The van der Waals surface area contributed by atoms with Crippen LogP contribution < -0.4 is 0 Å². The van der Waals surface area contributed by atoms with E-state index >= 15 is 0 Å². The van der Waals surface area contributed by atoms with Gasteiger partial charge in [0.2, 0.25) is 0 Å². The zero-order chi connectivity index (χ0) is 12.6. The maximum atomic E-state index is 10.7. The second-order valence-electron chi connectivity index (χ2n) is 3.07. The van der Waals surface area contributed by atoms with Gasteiger partial charge in [-0.2, -0.15) is 0 Å². The molecule has 0 aliphatic rings. The van der Waals surface area contributed by atoms with Crippen LogP contribution in [0.3, 0.4) is 0 Å². The molecular weight excluding hydrogens is 333 g/mol. The zero-order valence-electron chi connectivity index (χ0n) is 8.06. The monoisotopic (exact) mass is 335 g/mol. The van der Waals surface area contributed by atoms with Gasteiger partial charge in [-0.05, 0) is 12.1 Å². The molecule has 0 saturated carbocycles. The minimum Gasteiger partial charge on any atom is -0.476 e. The van der Waals surface area contributed by atoms with Gasteiger partial charge in [-0.1, -0.05) is 44.3 Å². The van der Waals surface area contributed by atoms with Crippen LogP contribution in [0.2, 0.25) is 10.0 Å². The van der Waals surface area contributed by atoms with Gasteiger partial charge in [0.15, 0.2) is 5.69 Å². The first-order chi connectivity index (χ1) is 7.99. The van der Waals surface area contributed by atoms with Gasteiger partial charge in [0.25, 0.3) is 0 Å². The van der Waals surface area contributed by atoms with Crippen LogP contribution in [-0.4, -0.2) is 26.1 Å². The van der Waals surface area contributed by atoms with Crippen LogP contribution in [0.5, 0.6) is 0 Å². The molecule has 0 amide bonds. The molecule has 0 saturated heterocycles. The molecule has 0 spiro atoms. The minimum absolute atomic E-state index is 0.181. The van der Waals surface area contributed by atoms with E-state index in [1.807, 2.05) is 0 Å². The van der Waals surface area contributed by atoms with Gasteiger partial charge in [-0.25, -0.2) is 9.48 Å². The maximum absolute atomic E-state index is 10.7. The molecule has 17 heavy (non-hydrogen) atoms. The second kappa shape index (κ2) is 4.64. The van der Waals surface area contributed by atoms with Crippen LogP contribution in [-0.2, 0) is 0 Å². The van der Waals surface area contributed by atoms with Gasteiger partial charge in [-0.15, -0.1) is 5.10 Å². The van der Waals surface area contributed by atoms with Crippen molar-refractivity contribution in [2.45, 2.75) is 0 Å². The van der Waals surface area contributed by atoms with E-state index in [0.717, 1.165) is 4.47 Å². The largest absolute Gasteiger partial charge is 0.476 e. The van der Waals surface area contributed by atoms with E-state index in [-0.39, 0.29) is 5.69 Å². The predicted molar refractivity (Wildman–Crippen MR) is 66.0 cm³/mol. The minimum atomic E-state index is -1.17. The fraction of sp³-hybridized carbons (Fsp3) is 0. The number of hydrogen-bond donors (Lipinski definition) is 1. The standard InChI is InChI=1S/C9H4BrCl2N3O2/c10-4-1-5(11)8(6(12)2-4)15-3-7(9(16)17)13-14-15/h1-3H,(H,16,17). The van der Waals surface area contributed by atoms with E-state index in [1.165, 1.54) is 10.9 Å². The molecule has 5 nitrogen and oxygen atoms in total. The van der Waals surface area contributed by atoms with Crippen molar-refractivity contribution in [3.63, 3.8) is 0 Å². The Labute approximate surface area is 114 Å². The molecule has 0 aliphatic heterocycles. The highest BCUT2D eigenvalue weighted by Gasteiger charge is 2.14. The molecule has 2 rings (SSSR count). The molecule has 0 unspecified atom stereocenters. The van der Waals surface area contributed by atoms with E-state index in [2.05, 4.69) is 26.2 Å². The first-order valence-electron chi connectivity index (χ1n) is 4.29. The van der Waals surface area contributed by atoms with E-state index in [0.29, 0.717) is 15.7 Å². The summed E-state index contributed by atoms with van der Waals surface area (Å²) in [7, 11) is 0. The molecule has 0 atom stereocenters. The summed E-state index contributed by atoms with van der Waals surface area (Å²) >= 11 is 15.3. The summed E-state index contributed by atoms with van der Waals surface area (Å²) in [4.78, 5) is 10.7. The molecule has 0 bridgehead atoms. The third kappa shape index (κ3) is 2.43. The fourth-order valence-corrected chi connectivity index (χ4v) is 2.61. The predicted octanol–water partition coefficient (Wildman–Crippen LogP) is 3.03. The molecule has 1 heterocycles. The number of hydrogen-bond acceptors (Lipinski definition) is 3. The van der Waals surface area contributed by atoms with Crippen molar-refractivity contribution < 1.29 is 9.90 Å². The van der Waals surface area contributed by atoms with Crippen molar-refractivity contribution >= 4 is 45.1 Å². The van der Waals surface area contributed by atoms with Crippen LogP contribution in [0.4, 0.5) is 0 Å². The Morgan fingerprint density at radius 2 is 1.94 bits per heavy atom. The molecule has 1 aromatic heterocycles. The maximum Gasteiger partial charge on any atom is 0.358 e. The highest BCUT2D eigenvalue weighted by Crippen LogP contribution is 2.31. The first-order valence-corrected chi connectivity index (χ1v) is 5.84. The lowest BCUT2D eigenvalue weighted by Gasteiger charge is -2.06. The third-order valence-electron chi connectivity index (χ3n) is 1.92. The van der Waals surface area contributed by atoms with E-state index in [1.54, 1.807) is 12.1 Å². The lowest BCUT2D eigenvalue weighted by molar-refractivity contribution is 0.0690. The molecule has 2 aromatic rings. The van der Waals surface area contributed by atoms with Crippen molar-refractivity contribution in [2.24, 2.45) is 0 Å². The Hall–Kier alpha value is -1.11. The molecule has 1 N–H and O–H groups in total. The van der Waals surface area contributed by atoms with Crippen LogP contribution in [0.25, 0.3) is 5.69 Å². The summed E-state index contributed by atoms with van der Waals surface area (Å²) in [5, 5.41) is 16.6. The summed E-state index contributed by atoms with van der Waals surface area (Å²) in [6.07, 6.45) is 1.24. The number of nitrogens with zero attached hydrogens (tertiary/aromatic N) is 3. The Kier molecular flexibility index (Phi) is 3.37. The van der Waals surface area contributed by atoms with E-state index in [9.17, 15) is 4.79 Å². The number of carboxylic acid groups (broad SMARTS) is 1. The van der Waals surface area contributed by atoms with Crippen molar-refractivity contribution in [3.8, 4) is 5.69 Å². The van der Waals surface area contributed by atoms with Crippen LogP contribution in [0.15, 0.2) is 22.8 Å². The molecule has 0 fully saturated rings. The number of aromatic carboxylic acids is 1. The molecule has 0 aliphatic carbocycles. The number of aromatic nitrogens is 3. The summed E-state index contributed by atoms with van der Waals surface area (Å²) in [6.45, 7) is 0. The van der Waals surface area contributed by atoms with E-state index in [4.69, 9.17) is 28.3 Å². The fourth-order valence-electron chi connectivity index (χ4n) is 1.22. The highest BCUT2D eigenvalue weighted by molar-refractivity contribution is 9.10. The van der Waals surface area contributed by atoms with Crippen LogP contribution >= 0.6 is 39.1 Å². The highest BCUT2D eigenvalue weighted by atomic mass is 79.9. The van der Waals surface area contributed by atoms with Gasteiger partial charge < -0.3 is 5.11 Å². The number of carboxylic acids is 1. The SMILES string of the molecule is O=C(O)c1cn(-c2c(Cl)cc(Br)cc2Cl)nn1. The average Bonchev–Trinajstić information content (AvgIpc) is 2.65. The lowest BCUT2D eigenvalue weighted by Crippen LogP contribution is -1.97. The van der Waals surface area contributed by atoms with Gasteiger partial charge in [0.05, 0.1) is 16.2 Å². The van der Waals surface area contributed by atoms with E-state index < -0.39 is 5.97 Å². The number of halogens is 3. The average molecular weight is 337 g/mol. The van der Waals surface area contributed by atoms with Gasteiger partial charge >= 0.3 is 5.97 Å². The second-order valence-corrected chi connectivity index (χ2v) is 4.80. The number of benzene rings is 1. The lowest BCUT2D eigenvalue weighted by atomic mass is 10.3. The van der Waals surface area contributed by atoms with Crippen LogP contribution in [0.1, 0.15) is 10.5 Å². The van der Waals surface area contributed by atoms with Crippen molar-refractivity contribution in [2.75, 3.05) is 0 Å². The number of carbonyl (C=O) groups is 1. The third-order valence-corrected chi connectivity index (χ3v) is 2.96. The topological polar surface area (TPSA) is 68.0 Å². The smallest absolute Gasteiger partial charge is 0.358 e. The molecule has 1 aromatic carbocycles. The van der Waals surface area contributed by atoms with Crippen LogP contribution in [0, 0.1) is 0 Å². The summed E-state index contributed by atoms with van der Waals surface area (Å²) in [5.41, 5.74) is 0.205. The Morgan fingerprint density at radius 3 is 2.41 bits per heavy atom. The summed E-state index contributed by atoms with van der Waals surface area (Å²) in [6, 6.07) is 3.26. The molecule has 8 heteroatoms. The van der Waals surface area contributed by atoms with Gasteiger partial charge in [-0.3, -0.25) is 0 Å². The van der Waals surface area contributed by atoms with Gasteiger partial charge in [0, 0.05) is 4.47 Å². The van der Waals surface area contributed by atoms with Crippen molar-refractivity contribution in [3.05, 3.63) is 38.5 Å². The quantitative estimate of drug-likeness (QED) is 0.915. The molecule has 0 radical (unpaired) electrons. The Morgan fingerprint density at radius 1 is 1.35 bits per heavy atom. The Balaban J connectivity index is 2.56. The normalized spacial score (nSPS) is 10.5. The zero-order valence-corrected chi connectivity index (χ0v) is 11.2. The van der Waals surface area contributed by atoms with Gasteiger partial charge in [0.1, 0.15) is 5.69 Å². The summed E-state index contributed by atoms with van der Waals surface area (Å²) in [5.74, 6) is -1.17.